The van der Waals surface area contributed by atoms with Gasteiger partial charge in [0.15, 0.2) is 0 Å². The van der Waals surface area contributed by atoms with E-state index < -0.39 is 0 Å². The molecule has 0 fully saturated rings. The Morgan fingerprint density at radius 2 is 2.00 bits per heavy atom. The summed E-state index contributed by atoms with van der Waals surface area (Å²) in [5.74, 6) is 0.480. The van der Waals surface area contributed by atoms with Crippen molar-refractivity contribution in [1.29, 1.82) is 0 Å². The maximum atomic E-state index is 13.3. The summed E-state index contributed by atoms with van der Waals surface area (Å²) in [4.78, 5) is 7.57. The number of rotatable bonds is 2. The van der Waals surface area contributed by atoms with Crippen molar-refractivity contribution < 1.29 is 4.39 Å². The van der Waals surface area contributed by atoms with E-state index in [9.17, 15) is 4.39 Å². The van der Waals surface area contributed by atoms with Gasteiger partial charge in [-0.2, -0.15) is 0 Å². The number of aromatic amines is 1. The van der Waals surface area contributed by atoms with Gasteiger partial charge in [0.1, 0.15) is 11.6 Å². The summed E-state index contributed by atoms with van der Waals surface area (Å²) in [5, 5.41) is 0. The average Bonchev–Trinajstić information content (AvgIpc) is 2.81. The van der Waals surface area contributed by atoms with Gasteiger partial charge < -0.3 is 10.7 Å². The molecule has 0 aliphatic carbocycles. The number of hydrogen-bond acceptors (Lipinski definition) is 2. The van der Waals surface area contributed by atoms with Gasteiger partial charge in [0.25, 0.3) is 0 Å². The molecular formula is C14H12FN3. The first-order valence-electron chi connectivity index (χ1n) is 5.71. The highest BCUT2D eigenvalue weighted by Crippen LogP contribution is 2.27. The Hall–Kier alpha value is -2.20. The van der Waals surface area contributed by atoms with Crippen molar-refractivity contribution in [2.45, 2.75) is 6.54 Å². The predicted molar refractivity (Wildman–Crippen MR) is 69.4 cm³/mol. The number of hydrogen-bond donors (Lipinski definition) is 2. The van der Waals surface area contributed by atoms with Crippen LogP contribution in [-0.4, -0.2) is 9.97 Å². The molecule has 0 atom stereocenters. The number of halogens is 1. The molecular weight excluding hydrogens is 229 g/mol. The van der Waals surface area contributed by atoms with Crippen molar-refractivity contribution in [3.63, 3.8) is 0 Å². The van der Waals surface area contributed by atoms with Crippen LogP contribution in [0.5, 0.6) is 0 Å². The lowest BCUT2D eigenvalue weighted by Gasteiger charge is -2.02. The SMILES string of the molecule is NCc1nc2c(-c3cccc(F)c3)cccc2[nH]1. The molecule has 0 aliphatic rings. The molecule has 0 radical (unpaired) electrons. The van der Waals surface area contributed by atoms with Crippen LogP contribution in [-0.2, 0) is 6.54 Å². The van der Waals surface area contributed by atoms with E-state index in [1.54, 1.807) is 6.07 Å². The Morgan fingerprint density at radius 1 is 1.17 bits per heavy atom. The monoisotopic (exact) mass is 241 g/mol. The molecule has 0 saturated heterocycles. The molecule has 3 rings (SSSR count). The van der Waals surface area contributed by atoms with Crippen molar-refractivity contribution >= 4 is 11.0 Å². The van der Waals surface area contributed by atoms with Crippen molar-refractivity contribution in [3.8, 4) is 11.1 Å². The van der Waals surface area contributed by atoms with E-state index in [0.29, 0.717) is 6.54 Å². The van der Waals surface area contributed by atoms with Crippen LogP contribution in [0.25, 0.3) is 22.2 Å². The zero-order valence-electron chi connectivity index (χ0n) is 9.65. The van der Waals surface area contributed by atoms with E-state index in [1.165, 1.54) is 12.1 Å². The number of nitrogens with two attached hydrogens (primary N) is 1. The van der Waals surface area contributed by atoms with Gasteiger partial charge in [-0.15, -0.1) is 0 Å². The number of aromatic nitrogens is 2. The molecule has 0 aliphatic heterocycles. The molecule has 18 heavy (non-hydrogen) atoms. The van der Waals surface area contributed by atoms with Gasteiger partial charge in [0.2, 0.25) is 0 Å². The summed E-state index contributed by atoms with van der Waals surface area (Å²) in [6.45, 7) is 0.358. The van der Waals surface area contributed by atoms with Crippen LogP contribution in [0.2, 0.25) is 0 Å². The zero-order chi connectivity index (χ0) is 12.5. The number of para-hydroxylation sites is 1. The van der Waals surface area contributed by atoms with Gasteiger partial charge in [0.05, 0.1) is 17.6 Å². The molecule has 3 N–H and O–H groups in total. The first-order chi connectivity index (χ1) is 8.78. The standard InChI is InChI=1S/C14H12FN3/c15-10-4-1-3-9(7-10)11-5-2-6-12-14(11)18-13(8-16)17-12/h1-7H,8,16H2,(H,17,18). The third kappa shape index (κ3) is 1.76. The summed E-state index contributed by atoms with van der Waals surface area (Å²) in [5.41, 5.74) is 9.03. The predicted octanol–water partition coefficient (Wildman–Crippen LogP) is 2.83. The van der Waals surface area contributed by atoms with Crippen LogP contribution in [0.15, 0.2) is 42.5 Å². The number of nitrogens with one attached hydrogen (secondary N) is 1. The van der Waals surface area contributed by atoms with Gasteiger partial charge in [0, 0.05) is 5.56 Å². The van der Waals surface area contributed by atoms with Crippen molar-refractivity contribution in [1.82, 2.24) is 9.97 Å². The fourth-order valence-electron chi connectivity index (χ4n) is 2.07. The van der Waals surface area contributed by atoms with Gasteiger partial charge in [-0.3, -0.25) is 0 Å². The highest BCUT2D eigenvalue weighted by atomic mass is 19.1. The number of nitrogens with zero attached hydrogens (tertiary/aromatic N) is 1. The van der Waals surface area contributed by atoms with Crippen LogP contribution < -0.4 is 5.73 Å². The van der Waals surface area contributed by atoms with E-state index in [1.807, 2.05) is 24.3 Å². The van der Waals surface area contributed by atoms with Crippen LogP contribution in [0.1, 0.15) is 5.82 Å². The van der Waals surface area contributed by atoms with Gasteiger partial charge >= 0.3 is 0 Å². The van der Waals surface area contributed by atoms with E-state index in [4.69, 9.17) is 5.73 Å². The Morgan fingerprint density at radius 3 is 2.78 bits per heavy atom. The third-order valence-electron chi connectivity index (χ3n) is 2.89. The second kappa shape index (κ2) is 4.23. The van der Waals surface area contributed by atoms with E-state index in [0.717, 1.165) is 28.0 Å². The first-order valence-corrected chi connectivity index (χ1v) is 5.71. The number of benzene rings is 2. The van der Waals surface area contributed by atoms with Crippen LogP contribution in [0, 0.1) is 5.82 Å². The van der Waals surface area contributed by atoms with Crippen LogP contribution >= 0.6 is 0 Å². The van der Waals surface area contributed by atoms with Crippen molar-refractivity contribution in [2.24, 2.45) is 5.73 Å². The molecule has 3 aromatic rings. The largest absolute Gasteiger partial charge is 0.341 e. The van der Waals surface area contributed by atoms with E-state index >= 15 is 0 Å². The van der Waals surface area contributed by atoms with Crippen LogP contribution in [0.3, 0.4) is 0 Å². The lowest BCUT2D eigenvalue weighted by Crippen LogP contribution is -1.97. The Kier molecular flexibility index (Phi) is 2.57. The minimum atomic E-state index is -0.251. The number of imidazole rings is 1. The molecule has 3 nitrogen and oxygen atoms in total. The molecule has 4 heteroatoms. The maximum absolute atomic E-state index is 13.3. The van der Waals surface area contributed by atoms with Gasteiger partial charge in [-0.1, -0.05) is 24.3 Å². The smallest absolute Gasteiger partial charge is 0.123 e. The highest BCUT2D eigenvalue weighted by Gasteiger charge is 2.08. The first kappa shape index (κ1) is 10.9. The van der Waals surface area contributed by atoms with E-state index in [2.05, 4.69) is 9.97 Å². The highest BCUT2D eigenvalue weighted by molar-refractivity contribution is 5.91. The quantitative estimate of drug-likeness (QED) is 0.724. The molecule has 1 heterocycles. The zero-order valence-corrected chi connectivity index (χ0v) is 9.65. The molecule has 0 saturated carbocycles. The second-order valence-corrected chi connectivity index (χ2v) is 4.10. The summed E-state index contributed by atoms with van der Waals surface area (Å²) in [7, 11) is 0. The molecule has 2 aromatic carbocycles. The van der Waals surface area contributed by atoms with Gasteiger partial charge in [-0.25, -0.2) is 9.37 Å². The number of fused-ring (bicyclic) bond motifs is 1. The molecule has 0 bridgehead atoms. The molecule has 1 aromatic heterocycles. The molecule has 0 unspecified atom stereocenters. The van der Waals surface area contributed by atoms with E-state index in [-0.39, 0.29) is 5.82 Å². The summed E-state index contributed by atoms with van der Waals surface area (Å²) >= 11 is 0. The lowest BCUT2D eigenvalue weighted by molar-refractivity contribution is 0.628. The minimum absolute atomic E-state index is 0.251. The lowest BCUT2D eigenvalue weighted by atomic mass is 10.0. The summed E-state index contributed by atoms with van der Waals surface area (Å²) in [6, 6.07) is 12.3. The topological polar surface area (TPSA) is 54.7 Å². The second-order valence-electron chi connectivity index (χ2n) is 4.10. The van der Waals surface area contributed by atoms with Crippen LogP contribution in [0.4, 0.5) is 4.39 Å². The number of H-pyrrole nitrogens is 1. The minimum Gasteiger partial charge on any atom is -0.341 e. The Labute approximate surface area is 103 Å². The molecule has 90 valence electrons. The van der Waals surface area contributed by atoms with Crippen molar-refractivity contribution in [2.75, 3.05) is 0 Å². The average molecular weight is 241 g/mol. The Balaban J connectivity index is 2.25. The normalized spacial score (nSPS) is 11.0. The third-order valence-corrected chi connectivity index (χ3v) is 2.89. The summed E-state index contributed by atoms with van der Waals surface area (Å²) < 4.78 is 13.3. The maximum Gasteiger partial charge on any atom is 0.123 e. The van der Waals surface area contributed by atoms with Crippen molar-refractivity contribution in [3.05, 3.63) is 54.1 Å². The Bertz CT molecular complexity index is 703. The molecule has 0 amide bonds. The molecule has 0 spiro atoms. The summed E-state index contributed by atoms with van der Waals surface area (Å²) in [6.07, 6.45) is 0. The fourth-order valence-corrected chi connectivity index (χ4v) is 2.07. The van der Waals surface area contributed by atoms with Gasteiger partial charge in [-0.05, 0) is 23.8 Å². The fraction of sp³-hybridized carbons (Fsp3) is 0.0714.